The number of aromatic nitrogens is 4. The van der Waals surface area contributed by atoms with E-state index in [1.54, 1.807) is 24.4 Å². The number of H-pyrrole nitrogens is 1. The van der Waals surface area contributed by atoms with Crippen LogP contribution >= 0.6 is 0 Å². The molecule has 142 valence electrons. The molecule has 0 fully saturated rings. The highest BCUT2D eigenvalue weighted by atomic mass is 19.1. The van der Waals surface area contributed by atoms with Gasteiger partial charge in [0, 0.05) is 32.0 Å². The van der Waals surface area contributed by atoms with E-state index in [-0.39, 0.29) is 11.9 Å². The summed E-state index contributed by atoms with van der Waals surface area (Å²) in [5.74, 6) is 0.693. The number of aromatic amines is 1. The summed E-state index contributed by atoms with van der Waals surface area (Å²) >= 11 is 0. The van der Waals surface area contributed by atoms with Crippen LogP contribution in [0.1, 0.15) is 26.0 Å². The highest BCUT2D eigenvalue weighted by Crippen LogP contribution is 2.31. The van der Waals surface area contributed by atoms with Crippen LogP contribution in [0.3, 0.4) is 0 Å². The van der Waals surface area contributed by atoms with Gasteiger partial charge in [-0.2, -0.15) is 0 Å². The van der Waals surface area contributed by atoms with E-state index in [4.69, 9.17) is 9.47 Å². The SMILES string of the molecule is COC(OC)c1nc(-c2ccc(F)cc2)c(-c2ccnc(NC(C)C)n2)[nH]1. The molecule has 3 rings (SSSR count). The summed E-state index contributed by atoms with van der Waals surface area (Å²) < 4.78 is 23.9. The van der Waals surface area contributed by atoms with Crippen LogP contribution in [0.5, 0.6) is 0 Å². The second kappa shape index (κ2) is 8.24. The summed E-state index contributed by atoms with van der Waals surface area (Å²) in [6.07, 6.45) is 1.01. The zero-order valence-electron chi connectivity index (χ0n) is 15.7. The van der Waals surface area contributed by atoms with Crippen molar-refractivity contribution in [2.75, 3.05) is 19.5 Å². The van der Waals surface area contributed by atoms with E-state index in [1.807, 2.05) is 13.8 Å². The second-order valence-corrected chi connectivity index (χ2v) is 6.22. The zero-order chi connectivity index (χ0) is 19.4. The lowest BCUT2D eigenvalue weighted by atomic mass is 10.1. The highest BCUT2D eigenvalue weighted by Gasteiger charge is 2.21. The summed E-state index contributed by atoms with van der Waals surface area (Å²) in [5.41, 5.74) is 2.69. The van der Waals surface area contributed by atoms with Crippen molar-refractivity contribution in [2.45, 2.75) is 26.2 Å². The number of halogens is 1. The van der Waals surface area contributed by atoms with E-state index in [9.17, 15) is 4.39 Å². The molecule has 0 saturated carbocycles. The third-order valence-corrected chi connectivity index (χ3v) is 3.82. The van der Waals surface area contributed by atoms with Crippen molar-refractivity contribution in [3.8, 4) is 22.6 Å². The molecule has 2 aromatic heterocycles. The maximum absolute atomic E-state index is 13.3. The molecule has 2 N–H and O–H groups in total. The Bertz CT molecular complexity index is 891. The van der Waals surface area contributed by atoms with Crippen LogP contribution in [0, 0.1) is 5.82 Å². The average molecular weight is 371 g/mol. The number of benzene rings is 1. The van der Waals surface area contributed by atoms with Crippen LogP contribution in [0.4, 0.5) is 10.3 Å². The lowest BCUT2D eigenvalue weighted by Gasteiger charge is -2.10. The van der Waals surface area contributed by atoms with Crippen molar-refractivity contribution in [2.24, 2.45) is 0 Å². The van der Waals surface area contributed by atoms with Crippen molar-refractivity contribution in [1.82, 2.24) is 19.9 Å². The molecule has 27 heavy (non-hydrogen) atoms. The van der Waals surface area contributed by atoms with Gasteiger partial charge in [0.25, 0.3) is 0 Å². The van der Waals surface area contributed by atoms with E-state index in [0.717, 1.165) is 5.56 Å². The van der Waals surface area contributed by atoms with Crippen LogP contribution in [0.25, 0.3) is 22.6 Å². The van der Waals surface area contributed by atoms with Gasteiger partial charge >= 0.3 is 0 Å². The largest absolute Gasteiger partial charge is 0.352 e. The summed E-state index contributed by atoms with van der Waals surface area (Å²) in [6, 6.07) is 8.10. The number of nitrogens with zero attached hydrogens (tertiary/aromatic N) is 3. The molecule has 0 aliphatic carbocycles. The molecule has 3 aromatic rings. The molecule has 0 atom stereocenters. The number of anilines is 1. The van der Waals surface area contributed by atoms with Crippen molar-refractivity contribution < 1.29 is 13.9 Å². The van der Waals surface area contributed by atoms with Gasteiger partial charge in [0.2, 0.25) is 12.2 Å². The molecule has 0 radical (unpaired) electrons. The summed E-state index contributed by atoms with van der Waals surface area (Å²) in [5, 5.41) is 3.18. The Hall–Kier alpha value is -2.84. The fourth-order valence-corrected chi connectivity index (χ4v) is 2.65. The van der Waals surface area contributed by atoms with Crippen molar-refractivity contribution in [3.63, 3.8) is 0 Å². The van der Waals surface area contributed by atoms with Crippen LogP contribution in [-0.2, 0) is 9.47 Å². The first-order valence-corrected chi connectivity index (χ1v) is 8.53. The lowest BCUT2D eigenvalue weighted by molar-refractivity contribution is -0.111. The van der Waals surface area contributed by atoms with Gasteiger partial charge in [-0.05, 0) is 44.2 Å². The van der Waals surface area contributed by atoms with Crippen LogP contribution in [0.15, 0.2) is 36.5 Å². The van der Waals surface area contributed by atoms with E-state index >= 15 is 0 Å². The standard InChI is InChI=1S/C19H22FN5O2/c1-11(2)22-19-21-10-9-14(23-19)16-15(12-5-7-13(20)8-6-12)24-17(25-16)18(26-3)27-4/h5-11,18H,1-4H3,(H,24,25)(H,21,22,23). The molecular weight excluding hydrogens is 349 g/mol. The Balaban J connectivity index is 2.11. The Kier molecular flexibility index (Phi) is 5.78. The molecule has 2 heterocycles. The predicted molar refractivity (Wildman–Crippen MR) is 101 cm³/mol. The zero-order valence-corrected chi connectivity index (χ0v) is 15.7. The van der Waals surface area contributed by atoms with Crippen molar-refractivity contribution in [1.29, 1.82) is 0 Å². The smallest absolute Gasteiger partial charge is 0.223 e. The summed E-state index contributed by atoms with van der Waals surface area (Å²) in [4.78, 5) is 16.6. The summed E-state index contributed by atoms with van der Waals surface area (Å²) in [6.45, 7) is 4.02. The lowest BCUT2D eigenvalue weighted by Crippen LogP contribution is -2.12. The Morgan fingerprint density at radius 1 is 1.04 bits per heavy atom. The Morgan fingerprint density at radius 3 is 2.37 bits per heavy atom. The van der Waals surface area contributed by atoms with Gasteiger partial charge < -0.3 is 19.8 Å². The molecule has 0 amide bonds. The Morgan fingerprint density at radius 2 is 1.74 bits per heavy atom. The molecule has 7 nitrogen and oxygen atoms in total. The maximum atomic E-state index is 13.3. The first kappa shape index (κ1) is 18.9. The first-order chi connectivity index (χ1) is 13.0. The van der Waals surface area contributed by atoms with Gasteiger partial charge in [0.05, 0.1) is 17.1 Å². The van der Waals surface area contributed by atoms with Crippen molar-refractivity contribution in [3.05, 3.63) is 48.2 Å². The van der Waals surface area contributed by atoms with Gasteiger partial charge in [-0.25, -0.2) is 19.3 Å². The van der Waals surface area contributed by atoms with Crippen LogP contribution in [-0.4, -0.2) is 40.2 Å². The number of hydrogen-bond donors (Lipinski definition) is 2. The molecule has 0 saturated heterocycles. The second-order valence-electron chi connectivity index (χ2n) is 6.22. The van der Waals surface area contributed by atoms with E-state index in [1.165, 1.54) is 26.4 Å². The monoisotopic (exact) mass is 371 g/mol. The Labute approximate surface area is 157 Å². The van der Waals surface area contributed by atoms with Gasteiger partial charge in [-0.3, -0.25) is 0 Å². The number of ether oxygens (including phenoxy) is 2. The number of hydrogen-bond acceptors (Lipinski definition) is 6. The van der Waals surface area contributed by atoms with E-state index in [0.29, 0.717) is 28.9 Å². The predicted octanol–water partition coefficient (Wildman–Crippen LogP) is 3.78. The number of rotatable bonds is 7. The number of nitrogens with one attached hydrogen (secondary N) is 2. The average Bonchev–Trinajstić information content (AvgIpc) is 3.08. The molecule has 0 aliphatic heterocycles. The number of methoxy groups -OCH3 is 2. The minimum atomic E-state index is -0.659. The van der Waals surface area contributed by atoms with Crippen LogP contribution in [0.2, 0.25) is 0 Å². The third kappa shape index (κ3) is 4.29. The topological polar surface area (TPSA) is 84.9 Å². The molecule has 0 aliphatic rings. The third-order valence-electron chi connectivity index (χ3n) is 3.82. The quantitative estimate of drug-likeness (QED) is 0.615. The molecular formula is C19H22FN5O2. The van der Waals surface area contributed by atoms with Gasteiger partial charge in [0.15, 0.2) is 5.82 Å². The molecule has 0 bridgehead atoms. The maximum Gasteiger partial charge on any atom is 0.223 e. The van der Waals surface area contributed by atoms with E-state index in [2.05, 4.69) is 25.3 Å². The summed E-state index contributed by atoms with van der Waals surface area (Å²) in [7, 11) is 3.06. The van der Waals surface area contributed by atoms with Gasteiger partial charge in [0.1, 0.15) is 5.82 Å². The highest BCUT2D eigenvalue weighted by molar-refractivity contribution is 5.77. The first-order valence-electron chi connectivity index (χ1n) is 8.53. The van der Waals surface area contributed by atoms with E-state index < -0.39 is 6.29 Å². The fourth-order valence-electron chi connectivity index (χ4n) is 2.65. The minimum absolute atomic E-state index is 0.195. The minimum Gasteiger partial charge on any atom is -0.352 e. The van der Waals surface area contributed by atoms with Gasteiger partial charge in [-0.1, -0.05) is 0 Å². The molecule has 0 spiro atoms. The number of imidazole rings is 1. The van der Waals surface area contributed by atoms with Crippen molar-refractivity contribution >= 4 is 5.95 Å². The molecule has 8 heteroatoms. The van der Waals surface area contributed by atoms with Crippen LogP contribution < -0.4 is 5.32 Å². The normalized spacial score (nSPS) is 11.4. The fraction of sp³-hybridized carbons (Fsp3) is 0.316. The molecule has 0 unspecified atom stereocenters. The molecule has 1 aromatic carbocycles. The van der Waals surface area contributed by atoms with Gasteiger partial charge in [-0.15, -0.1) is 0 Å².